The van der Waals surface area contributed by atoms with E-state index in [1.54, 1.807) is 0 Å². The summed E-state index contributed by atoms with van der Waals surface area (Å²) in [5.74, 6) is -2.51. The molecule has 7 rings (SSSR count). The number of hydrogen-bond acceptors (Lipinski definition) is 7. The van der Waals surface area contributed by atoms with E-state index in [9.17, 15) is 27.2 Å². The highest BCUT2D eigenvalue weighted by molar-refractivity contribution is 7.14. The molecule has 9 nitrogen and oxygen atoms in total. The van der Waals surface area contributed by atoms with E-state index in [1.807, 2.05) is 0 Å². The van der Waals surface area contributed by atoms with E-state index < -0.39 is 29.8 Å². The first kappa shape index (κ1) is 26.8. The lowest BCUT2D eigenvalue weighted by Crippen LogP contribution is -2.58. The second-order valence-electron chi connectivity index (χ2n) is 11.4. The maximum absolute atomic E-state index is 13.9. The Bertz CT molecular complexity index is 1720. The zero-order valence-corrected chi connectivity index (χ0v) is 22.8. The zero-order valence-electron chi connectivity index (χ0n) is 21.9. The molecule has 0 atom stereocenters. The third-order valence-corrected chi connectivity index (χ3v) is 9.44. The number of alkyl halides is 3. The van der Waals surface area contributed by atoms with Crippen molar-refractivity contribution in [2.45, 2.75) is 62.8 Å². The first-order valence-electron chi connectivity index (χ1n) is 13.5. The molecule has 4 heterocycles. The summed E-state index contributed by atoms with van der Waals surface area (Å²) in [6.45, 7) is 0. The van der Waals surface area contributed by atoms with Gasteiger partial charge in [0.05, 0.1) is 5.52 Å². The van der Waals surface area contributed by atoms with Crippen LogP contribution in [0.5, 0.6) is 5.88 Å². The summed E-state index contributed by atoms with van der Waals surface area (Å²) in [4.78, 5) is 37.0. The maximum atomic E-state index is 13.9. The van der Waals surface area contributed by atoms with Crippen LogP contribution in [-0.2, 0) is 6.18 Å². The molecule has 218 valence electrons. The normalized spacial score (nSPS) is 23.4. The zero-order chi connectivity index (χ0) is 29.4. The summed E-state index contributed by atoms with van der Waals surface area (Å²) < 4.78 is 61.7. The van der Waals surface area contributed by atoms with Crippen LogP contribution in [0.15, 0.2) is 36.7 Å². The van der Waals surface area contributed by atoms with Gasteiger partial charge in [-0.3, -0.25) is 14.0 Å². The van der Waals surface area contributed by atoms with Crippen LogP contribution < -0.4 is 15.8 Å². The monoisotopic (exact) mass is 600 g/mol. The number of imidazole rings is 1. The predicted octanol–water partition coefficient (Wildman–Crippen LogP) is 5.11. The lowest BCUT2D eigenvalue weighted by atomic mass is 9.53. The average Bonchev–Trinajstić information content (AvgIpc) is 3.53. The highest BCUT2D eigenvalue weighted by atomic mass is 32.1. The minimum Gasteiger partial charge on any atom is -0.473 e. The van der Waals surface area contributed by atoms with Gasteiger partial charge in [-0.05, 0) is 67.7 Å². The van der Waals surface area contributed by atoms with Crippen LogP contribution >= 0.6 is 11.3 Å². The Balaban J connectivity index is 1.01. The number of halogens is 4. The van der Waals surface area contributed by atoms with E-state index in [4.69, 9.17) is 10.5 Å². The first-order valence-corrected chi connectivity index (χ1v) is 14.3. The number of fused-ring (bicyclic) bond motifs is 1. The van der Waals surface area contributed by atoms with Gasteiger partial charge in [-0.2, -0.15) is 17.6 Å². The third-order valence-electron chi connectivity index (χ3n) is 8.22. The summed E-state index contributed by atoms with van der Waals surface area (Å²) in [7, 11) is 0. The number of nitrogens with two attached hydrogens (primary N) is 1. The predicted molar refractivity (Wildman–Crippen MR) is 143 cm³/mol. The molecule has 3 saturated carbocycles. The highest BCUT2D eigenvalue weighted by Gasteiger charge is 2.55. The van der Waals surface area contributed by atoms with Gasteiger partial charge in [-0.1, -0.05) is 6.07 Å². The molecular weight excluding hydrogens is 576 g/mol. The van der Waals surface area contributed by atoms with Gasteiger partial charge >= 0.3 is 6.18 Å². The number of pyridine rings is 2. The minimum atomic E-state index is -4.81. The van der Waals surface area contributed by atoms with Crippen molar-refractivity contribution in [3.63, 3.8) is 0 Å². The molecular formula is C28H24F4N6O3S. The molecule has 0 aromatic carbocycles. The molecule has 42 heavy (non-hydrogen) atoms. The molecule has 3 fully saturated rings. The Morgan fingerprint density at radius 2 is 1.81 bits per heavy atom. The van der Waals surface area contributed by atoms with Gasteiger partial charge in [-0.15, -0.1) is 11.3 Å². The number of nitrogens with one attached hydrogen (secondary N) is 1. The van der Waals surface area contributed by atoms with Crippen LogP contribution in [-0.4, -0.2) is 43.3 Å². The molecule has 2 amide bonds. The molecule has 3 N–H and O–H groups in total. The van der Waals surface area contributed by atoms with Gasteiger partial charge in [0.15, 0.2) is 10.6 Å². The number of ether oxygens (including phenoxy) is 1. The van der Waals surface area contributed by atoms with Crippen molar-refractivity contribution < 1.29 is 31.9 Å². The number of nitrogens with zero attached hydrogens (tertiary/aromatic N) is 4. The van der Waals surface area contributed by atoms with Gasteiger partial charge in [0, 0.05) is 29.9 Å². The van der Waals surface area contributed by atoms with Crippen molar-refractivity contribution in [3.05, 3.63) is 64.0 Å². The quantitative estimate of drug-likeness (QED) is 0.225. The fourth-order valence-electron chi connectivity index (χ4n) is 6.05. The number of amides is 2. The van der Waals surface area contributed by atoms with E-state index in [1.165, 1.54) is 41.9 Å². The number of carbonyl (C=O) groups excluding carboxylic acids is 2. The average molecular weight is 601 g/mol. The van der Waals surface area contributed by atoms with Crippen molar-refractivity contribution in [3.8, 4) is 17.0 Å². The van der Waals surface area contributed by atoms with Gasteiger partial charge in [-0.25, -0.2) is 15.0 Å². The molecule has 0 radical (unpaired) electrons. The number of thiazole rings is 1. The smallest absolute Gasteiger partial charge is 0.450 e. The summed E-state index contributed by atoms with van der Waals surface area (Å²) in [6.07, 6.45) is 2.35. The molecule has 1 spiro atoms. The number of carbonyl (C=O) groups is 2. The largest absolute Gasteiger partial charge is 0.473 e. The van der Waals surface area contributed by atoms with Gasteiger partial charge in [0.1, 0.15) is 11.1 Å². The summed E-state index contributed by atoms with van der Waals surface area (Å²) in [5.41, 5.74) is 5.93. The number of hydrogen-bond donors (Lipinski definition) is 2. The van der Waals surface area contributed by atoms with E-state index in [0.717, 1.165) is 41.2 Å². The second kappa shape index (κ2) is 9.48. The fourth-order valence-corrected chi connectivity index (χ4v) is 7.08. The summed E-state index contributed by atoms with van der Waals surface area (Å²) >= 11 is 1.29. The SMILES string of the molecule is NC(=O)c1sc(C2CC2)nc1O[C@H]1CC2(C[C@H](NC(=O)c3nc(C(F)(F)F)n4cc(-c5ccc(F)nc5)ccc34)C2)C1. The van der Waals surface area contributed by atoms with E-state index in [-0.39, 0.29) is 28.8 Å². The van der Waals surface area contributed by atoms with Crippen molar-refractivity contribution >= 4 is 28.7 Å². The van der Waals surface area contributed by atoms with Gasteiger partial charge in [0.25, 0.3) is 11.8 Å². The van der Waals surface area contributed by atoms with Crippen LogP contribution in [0.25, 0.3) is 16.6 Å². The Morgan fingerprint density at radius 3 is 2.45 bits per heavy atom. The Hall–Kier alpha value is -4.07. The van der Waals surface area contributed by atoms with Crippen molar-refractivity contribution in [1.29, 1.82) is 0 Å². The first-order chi connectivity index (χ1) is 20.0. The van der Waals surface area contributed by atoms with Crippen molar-refractivity contribution in [2.75, 3.05) is 0 Å². The van der Waals surface area contributed by atoms with Crippen LogP contribution in [0.4, 0.5) is 17.6 Å². The minimum absolute atomic E-state index is 0.00359. The maximum Gasteiger partial charge on any atom is 0.450 e. The van der Waals surface area contributed by atoms with E-state index in [2.05, 4.69) is 20.3 Å². The lowest BCUT2D eigenvalue weighted by molar-refractivity contribution is -0.145. The number of aromatic nitrogens is 4. The van der Waals surface area contributed by atoms with E-state index in [0.29, 0.717) is 40.6 Å². The Morgan fingerprint density at radius 1 is 1.07 bits per heavy atom. The van der Waals surface area contributed by atoms with Crippen LogP contribution in [0.3, 0.4) is 0 Å². The van der Waals surface area contributed by atoms with Gasteiger partial charge < -0.3 is 15.8 Å². The fraction of sp³-hybridized carbons (Fsp3) is 0.393. The number of rotatable bonds is 7. The molecule has 0 saturated heterocycles. The molecule has 0 unspecified atom stereocenters. The van der Waals surface area contributed by atoms with E-state index >= 15 is 0 Å². The third kappa shape index (κ3) is 4.76. The standard InChI is InChI=1S/C28H24F4N6O3S/c29-19-6-4-14(11-34-19)15-3-5-18-20(36-26(28(30,31)32)38(18)12-15)23(40)35-16-7-27(8-16)9-17(10-27)41-24-21(22(33)39)42-25(37-24)13-1-2-13/h3-6,11-13,16-17H,1-2,7-10H2,(H2,33,39)(H,35,40)/t16-,17-,27?. The van der Waals surface area contributed by atoms with Crippen LogP contribution in [0, 0.1) is 11.4 Å². The van der Waals surface area contributed by atoms with Gasteiger partial charge in [0.2, 0.25) is 17.7 Å². The topological polar surface area (TPSA) is 124 Å². The molecule has 4 aromatic rings. The number of primary amides is 1. The second-order valence-corrected chi connectivity index (χ2v) is 12.4. The summed E-state index contributed by atoms with van der Waals surface area (Å²) in [5, 5.41) is 3.71. The molecule has 0 bridgehead atoms. The van der Waals surface area contributed by atoms with Crippen LogP contribution in [0.1, 0.15) is 75.4 Å². The highest BCUT2D eigenvalue weighted by Crippen LogP contribution is 2.57. The lowest BCUT2D eigenvalue weighted by Gasteiger charge is -2.57. The van der Waals surface area contributed by atoms with Crippen molar-refractivity contribution in [1.82, 2.24) is 24.7 Å². The Labute approximate surface area is 240 Å². The Kier molecular flexibility index (Phi) is 6.05. The van der Waals surface area contributed by atoms with Crippen molar-refractivity contribution in [2.24, 2.45) is 11.1 Å². The molecule has 4 aromatic heterocycles. The summed E-state index contributed by atoms with van der Waals surface area (Å²) in [6, 6.07) is 5.23. The van der Waals surface area contributed by atoms with Crippen LogP contribution in [0.2, 0.25) is 0 Å². The molecule has 3 aliphatic carbocycles. The molecule has 0 aliphatic heterocycles. The molecule has 14 heteroatoms. The molecule has 3 aliphatic rings.